The Morgan fingerprint density at radius 3 is 2.41 bits per heavy atom. The Morgan fingerprint density at radius 2 is 2.00 bits per heavy atom. The van der Waals surface area contributed by atoms with E-state index in [1.54, 1.807) is 6.92 Å². The minimum absolute atomic E-state index is 0.0684. The number of rotatable bonds is 5. The van der Waals surface area contributed by atoms with Crippen molar-refractivity contribution in [3.8, 4) is 6.07 Å². The lowest BCUT2D eigenvalue weighted by Gasteiger charge is -2.28. The van der Waals surface area contributed by atoms with E-state index in [9.17, 15) is 14.9 Å². The molecule has 17 heavy (non-hydrogen) atoms. The standard InChI is InChI=1S/C12H18N2O3/c1-2-14(8-5-10(15)16)11(17)12(9-13)6-3-4-7-12/h2-8H2,1H3,(H,15,16). The third-order valence-corrected chi connectivity index (χ3v) is 3.35. The van der Waals surface area contributed by atoms with Gasteiger partial charge in [-0.3, -0.25) is 9.59 Å². The van der Waals surface area contributed by atoms with Crippen LogP contribution in [0.5, 0.6) is 0 Å². The zero-order chi connectivity index (χ0) is 12.9. The molecule has 0 aromatic heterocycles. The summed E-state index contributed by atoms with van der Waals surface area (Å²) < 4.78 is 0. The number of carboxylic acid groups (broad SMARTS) is 1. The van der Waals surface area contributed by atoms with Gasteiger partial charge in [0.15, 0.2) is 0 Å². The summed E-state index contributed by atoms with van der Waals surface area (Å²) in [5, 5.41) is 17.8. The van der Waals surface area contributed by atoms with Gasteiger partial charge < -0.3 is 10.0 Å². The molecule has 0 aromatic carbocycles. The number of aliphatic carboxylic acids is 1. The lowest BCUT2D eigenvalue weighted by Crippen LogP contribution is -2.42. The maximum atomic E-state index is 12.3. The number of nitriles is 1. The quantitative estimate of drug-likeness (QED) is 0.784. The van der Waals surface area contributed by atoms with E-state index in [4.69, 9.17) is 5.11 Å². The van der Waals surface area contributed by atoms with Crippen LogP contribution in [0.4, 0.5) is 0 Å². The normalized spacial score (nSPS) is 17.4. The first kappa shape index (κ1) is 13.5. The largest absolute Gasteiger partial charge is 0.481 e. The van der Waals surface area contributed by atoms with Crippen LogP contribution in [-0.4, -0.2) is 35.0 Å². The van der Waals surface area contributed by atoms with Crippen molar-refractivity contribution in [2.75, 3.05) is 13.1 Å². The summed E-state index contributed by atoms with van der Waals surface area (Å²) in [7, 11) is 0. The van der Waals surface area contributed by atoms with Crippen molar-refractivity contribution in [3.05, 3.63) is 0 Å². The van der Waals surface area contributed by atoms with E-state index in [1.165, 1.54) is 4.90 Å². The van der Waals surface area contributed by atoms with Gasteiger partial charge in [0, 0.05) is 13.1 Å². The van der Waals surface area contributed by atoms with E-state index >= 15 is 0 Å². The Hall–Kier alpha value is -1.57. The first-order valence-electron chi connectivity index (χ1n) is 5.98. The third-order valence-electron chi connectivity index (χ3n) is 3.35. The number of hydrogen-bond acceptors (Lipinski definition) is 3. The third kappa shape index (κ3) is 2.96. The summed E-state index contributed by atoms with van der Waals surface area (Å²) in [6.07, 6.45) is 2.93. The van der Waals surface area contributed by atoms with Crippen LogP contribution in [0.1, 0.15) is 39.0 Å². The van der Waals surface area contributed by atoms with Crippen molar-refractivity contribution in [2.24, 2.45) is 5.41 Å². The molecule has 5 nitrogen and oxygen atoms in total. The summed E-state index contributed by atoms with van der Waals surface area (Å²) in [6, 6.07) is 2.14. The van der Waals surface area contributed by atoms with Crippen molar-refractivity contribution in [3.63, 3.8) is 0 Å². The maximum absolute atomic E-state index is 12.3. The molecule has 0 aromatic rings. The van der Waals surface area contributed by atoms with Crippen LogP contribution in [0.3, 0.4) is 0 Å². The van der Waals surface area contributed by atoms with Gasteiger partial charge in [-0.05, 0) is 19.8 Å². The zero-order valence-electron chi connectivity index (χ0n) is 10.1. The lowest BCUT2D eigenvalue weighted by atomic mass is 9.86. The molecule has 1 aliphatic rings. The predicted octanol–water partition coefficient (Wildman–Crippen LogP) is 1.39. The SMILES string of the molecule is CCN(CCC(=O)O)C(=O)C1(C#N)CCCC1. The molecule has 1 N–H and O–H groups in total. The molecule has 0 heterocycles. The van der Waals surface area contributed by atoms with Crippen LogP contribution in [0, 0.1) is 16.7 Å². The second-order valence-electron chi connectivity index (χ2n) is 4.43. The minimum Gasteiger partial charge on any atom is -0.481 e. The Balaban J connectivity index is 2.71. The summed E-state index contributed by atoms with van der Waals surface area (Å²) in [5.41, 5.74) is -0.894. The van der Waals surface area contributed by atoms with Crippen LogP contribution in [-0.2, 0) is 9.59 Å². The number of carboxylic acids is 1. The van der Waals surface area contributed by atoms with Crippen LogP contribution >= 0.6 is 0 Å². The first-order chi connectivity index (χ1) is 8.05. The fraction of sp³-hybridized carbons (Fsp3) is 0.750. The van der Waals surface area contributed by atoms with Gasteiger partial charge in [-0.1, -0.05) is 12.8 Å². The van der Waals surface area contributed by atoms with E-state index in [-0.39, 0.29) is 18.9 Å². The van der Waals surface area contributed by atoms with Crippen LogP contribution < -0.4 is 0 Å². The number of hydrogen-bond donors (Lipinski definition) is 1. The maximum Gasteiger partial charge on any atom is 0.305 e. The van der Waals surface area contributed by atoms with Crippen LogP contribution in [0.2, 0.25) is 0 Å². The van der Waals surface area contributed by atoms with Crippen LogP contribution in [0.15, 0.2) is 0 Å². The second kappa shape index (κ2) is 5.67. The van der Waals surface area contributed by atoms with Crippen molar-refractivity contribution >= 4 is 11.9 Å². The van der Waals surface area contributed by atoms with Crippen molar-refractivity contribution < 1.29 is 14.7 Å². The van der Waals surface area contributed by atoms with E-state index in [0.717, 1.165) is 12.8 Å². The number of carbonyl (C=O) groups excluding carboxylic acids is 1. The summed E-state index contributed by atoms with van der Waals surface area (Å²) in [5.74, 6) is -1.12. The fourth-order valence-corrected chi connectivity index (χ4v) is 2.29. The van der Waals surface area contributed by atoms with E-state index in [0.29, 0.717) is 19.4 Å². The van der Waals surface area contributed by atoms with Gasteiger partial charge in [-0.2, -0.15) is 5.26 Å². The summed E-state index contributed by atoms with van der Waals surface area (Å²) in [4.78, 5) is 24.3. The molecular formula is C12H18N2O3. The Bertz CT molecular complexity index is 340. The molecule has 0 saturated heterocycles. The zero-order valence-corrected chi connectivity index (χ0v) is 10.1. The van der Waals surface area contributed by atoms with Gasteiger partial charge in [-0.25, -0.2) is 0 Å². The van der Waals surface area contributed by atoms with E-state index < -0.39 is 11.4 Å². The molecule has 0 atom stereocenters. The number of carbonyl (C=O) groups is 2. The number of nitrogens with zero attached hydrogens (tertiary/aromatic N) is 2. The number of amides is 1. The summed E-state index contributed by atoms with van der Waals surface area (Å²) in [6.45, 7) is 2.45. The van der Waals surface area contributed by atoms with E-state index in [1.807, 2.05) is 0 Å². The highest BCUT2D eigenvalue weighted by Gasteiger charge is 2.43. The second-order valence-corrected chi connectivity index (χ2v) is 4.43. The molecule has 0 bridgehead atoms. The summed E-state index contributed by atoms with van der Waals surface area (Å²) >= 11 is 0. The monoisotopic (exact) mass is 238 g/mol. The molecule has 0 unspecified atom stereocenters. The Labute approximate surface area is 101 Å². The smallest absolute Gasteiger partial charge is 0.305 e. The molecule has 0 spiro atoms. The Morgan fingerprint density at radius 1 is 1.41 bits per heavy atom. The van der Waals surface area contributed by atoms with Crippen molar-refractivity contribution in [2.45, 2.75) is 39.0 Å². The van der Waals surface area contributed by atoms with Gasteiger partial charge in [0.1, 0.15) is 5.41 Å². The average Bonchev–Trinajstić information content (AvgIpc) is 2.79. The first-order valence-corrected chi connectivity index (χ1v) is 5.98. The van der Waals surface area contributed by atoms with Gasteiger partial charge >= 0.3 is 5.97 Å². The van der Waals surface area contributed by atoms with Gasteiger partial charge in [0.2, 0.25) is 5.91 Å². The fourth-order valence-electron chi connectivity index (χ4n) is 2.29. The highest BCUT2D eigenvalue weighted by atomic mass is 16.4. The molecule has 5 heteroatoms. The van der Waals surface area contributed by atoms with Crippen molar-refractivity contribution in [1.29, 1.82) is 5.26 Å². The Kier molecular flexibility index (Phi) is 4.50. The average molecular weight is 238 g/mol. The molecule has 1 aliphatic carbocycles. The van der Waals surface area contributed by atoms with Gasteiger partial charge in [-0.15, -0.1) is 0 Å². The molecule has 0 aliphatic heterocycles. The minimum atomic E-state index is -0.923. The molecule has 1 fully saturated rings. The highest BCUT2D eigenvalue weighted by molar-refractivity contribution is 5.86. The topological polar surface area (TPSA) is 81.4 Å². The molecule has 1 saturated carbocycles. The van der Waals surface area contributed by atoms with E-state index in [2.05, 4.69) is 6.07 Å². The predicted molar refractivity (Wildman–Crippen MR) is 61.0 cm³/mol. The van der Waals surface area contributed by atoms with Gasteiger partial charge in [0.25, 0.3) is 0 Å². The van der Waals surface area contributed by atoms with Gasteiger partial charge in [0.05, 0.1) is 12.5 Å². The lowest BCUT2D eigenvalue weighted by molar-refractivity contribution is -0.141. The van der Waals surface area contributed by atoms with Crippen molar-refractivity contribution in [1.82, 2.24) is 4.90 Å². The molecular weight excluding hydrogens is 220 g/mol. The molecule has 1 amide bonds. The molecule has 0 radical (unpaired) electrons. The molecule has 1 rings (SSSR count). The van der Waals surface area contributed by atoms with Crippen LogP contribution in [0.25, 0.3) is 0 Å². The molecule has 94 valence electrons. The highest BCUT2D eigenvalue weighted by Crippen LogP contribution is 2.39.